The minimum Gasteiger partial charge on any atom is -0.368 e. The van der Waals surface area contributed by atoms with E-state index in [2.05, 4.69) is 29.2 Å². The number of hydrogen-bond acceptors (Lipinski definition) is 2. The van der Waals surface area contributed by atoms with Crippen LogP contribution in [0.1, 0.15) is 20.8 Å². The van der Waals surface area contributed by atoms with E-state index in [1.165, 1.54) is 5.69 Å². The Hall–Kier alpha value is -1.51. The molecule has 0 N–H and O–H groups in total. The highest BCUT2D eigenvalue weighted by Gasteiger charge is 2.29. The van der Waals surface area contributed by atoms with E-state index < -0.39 is 0 Å². The normalized spacial score (nSPS) is 16.8. The highest BCUT2D eigenvalue weighted by molar-refractivity contribution is 5.81. The maximum Gasteiger partial charge on any atom is 0.228 e. The van der Waals surface area contributed by atoms with E-state index in [-0.39, 0.29) is 11.3 Å². The van der Waals surface area contributed by atoms with Gasteiger partial charge in [-0.15, -0.1) is 0 Å². The molecule has 1 aromatic carbocycles. The van der Waals surface area contributed by atoms with Gasteiger partial charge in [-0.3, -0.25) is 4.79 Å². The van der Waals surface area contributed by atoms with Crippen LogP contribution in [-0.4, -0.2) is 37.0 Å². The Morgan fingerprint density at radius 3 is 2.06 bits per heavy atom. The molecule has 1 aromatic rings. The Labute approximate surface area is 109 Å². The van der Waals surface area contributed by atoms with Gasteiger partial charge in [-0.2, -0.15) is 0 Å². The molecule has 98 valence electrons. The number of rotatable bonds is 1. The summed E-state index contributed by atoms with van der Waals surface area (Å²) in [7, 11) is 0. The fourth-order valence-corrected chi connectivity index (χ4v) is 2.28. The number of para-hydroxylation sites is 1. The molecule has 1 heterocycles. The number of piperazine rings is 1. The zero-order chi connectivity index (χ0) is 13.2. The van der Waals surface area contributed by atoms with Crippen LogP contribution >= 0.6 is 0 Å². The van der Waals surface area contributed by atoms with Crippen LogP contribution in [0.3, 0.4) is 0 Å². The van der Waals surface area contributed by atoms with Gasteiger partial charge in [-0.1, -0.05) is 39.0 Å². The van der Waals surface area contributed by atoms with E-state index >= 15 is 0 Å². The van der Waals surface area contributed by atoms with Crippen molar-refractivity contribution in [2.45, 2.75) is 20.8 Å². The predicted octanol–water partition coefficient (Wildman–Crippen LogP) is 2.38. The van der Waals surface area contributed by atoms with Gasteiger partial charge in [-0.25, -0.2) is 0 Å². The average Bonchev–Trinajstić information content (AvgIpc) is 2.38. The lowest BCUT2D eigenvalue weighted by Gasteiger charge is -2.38. The lowest BCUT2D eigenvalue weighted by molar-refractivity contribution is -0.139. The molecule has 0 spiro atoms. The molecule has 0 radical (unpaired) electrons. The average molecular weight is 245 g/mol. The lowest BCUT2D eigenvalue weighted by atomic mass is 9.67. The largest absolute Gasteiger partial charge is 0.368 e. The zero-order valence-electron chi connectivity index (χ0n) is 11.5. The summed E-state index contributed by atoms with van der Waals surface area (Å²) in [6.45, 7) is 9.45. The van der Waals surface area contributed by atoms with Crippen molar-refractivity contribution >= 4 is 11.6 Å². The van der Waals surface area contributed by atoms with Crippen molar-refractivity contribution in [1.82, 2.24) is 4.90 Å². The van der Waals surface area contributed by atoms with Gasteiger partial charge in [0.1, 0.15) is 0 Å². The standard InChI is InChI=1S/C15H22N2O/c1-15(2,3)14(18)17-11-9-16(10-12-17)13-7-5-4-6-8-13/h4-8H,9-12H2,1-3H3/i14-1. The minimum atomic E-state index is -0.269. The first-order chi connectivity index (χ1) is 8.48. The summed E-state index contributed by atoms with van der Waals surface area (Å²) >= 11 is 0. The Morgan fingerprint density at radius 2 is 1.56 bits per heavy atom. The number of carbonyl (C=O) groups excluding carboxylic acids is 1. The van der Waals surface area contributed by atoms with Gasteiger partial charge in [-0.05, 0) is 12.1 Å². The molecular weight excluding hydrogens is 223 g/mol. The van der Waals surface area contributed by atoms with Crippen molar-refractivity contribution in [3.63, 3.8) is 0 Å². The van der Waals surface area contributed by atoms with E-state index in [9.17, 15) is 4.79 Å². The second kappa shape index (κ2) is 5.01. The van der Waals surface area contributed by atoms with Gasteiger partial charge in [0.05, 0.1) is 0 Å². The van der Waals surface area contributed by atoms with Gasteiger partial charge in [0.25, 0.3) is 0 Å². The summed E-state index contributed by atoms with van der Waals surface area (Å²) in [5.41, 5.74) is 0.981. The van der Waals surface area contributed by atoms with Gasteiger partial charge >= 0.3 is 0 Å². The summed E-state index contributed by atoms with van der Waals surface area (Å²) < 4.78 is 0. The number of amides is 1. The molecule has 18 heavy (non-hydrogen) atoms. The molecule has 2 rings (SSSR count). The first-order valence-electron chi connectivity index (χ1n) is 6.58. The number of hydrogen-bond donors (Lipinski definition) is 0. The minimum absolute atomic E-state index is 0.259. The van der Waals surface area contributed by atoms with Gasteiger partial charge in [0.15, 0.2) is 0 Å². The van der Waals surface area contributed by atoms with E-state index in [0.29, 0.717) is 0 Å². The maximum absolute atomic E-state index is 12.2. The first kappa shape index (κ1) is 12.9. The van der Waals surface area contributed by atoms with Crippen molar-refractivity contribution < 1.29 is 4.79 Å². The van der Waals surface area contributed by atoms with Crippen molar-refractivity contribution in [3.8, 4) is 0 Å². The number of anilines is 1. The van der Waals surface area contributed by atoms with Crippen LogP contribution < -0.4 is 4.90 Å². The van der Waals surface area contributed by atoms with E-state index in [4.69, 9.17) is 0 Å². The monoisotopic (exact) mass is 245 g/mol. The summed E-state index contributed by atoms with van der Waals surface area (Å²) in [6.07, 6.45) is 0. The third-order valence-electron chi connectivity index (χ3n) is 3.33. The first-order valence-corrected chi connectivity index (χ1v) is 6.58. The Morgan fingerprint density at radius 1 is 1.00 bits per heavy atom. The van der Waals surface area contributed by atoms with Crippen molar-refractivity contribution in [2.75, 3.05) is 31.1 Å². The van der Waals surface area contributed by atoms with Crippen LogP contribution in [0.2, 0.25) is 0 Å². The molecule has 0 aromatic heterocycles. The third-order valence-corrected chi connectivity index (χ3v) is 3.33. The molecule has 0 atom stereocenters. The highest BCUT2D eigenvalue weighted by atomic mass is 16.1. The molecule has 1 fully saturated rings. The molecule has 0 saturated carbocycles. The van der Waals surface area contributed by atoms with Gasteiger partial charge in [0, 0.05) is 37.3 Å². The Kier molecular flexibility index (Phi) is 3.60. The SMILES string of the molecule is CC(C)(C)[11C](=O)N1CCN(c2ccccc2)CC1. The Bertz CT molecular complexity index is 400. The molecule has 1 amide bonds. The van der Waals surface area contributed by atoms with E-state index in [1.807, 2.05) is 31.7 Å². The van der Waals surface area contributed by atoms with Crippen molar-refractivity contribution in [2.24, 2.45) is 5.41 Å². The summed E-state index contributed by atoms with van der Waals surface area (Å²) in [5.74, 6) is 0.259. The molecule has 3 nitrogen and oxygen atoms in total. The summed E-state index contributed by atoms with van der Waals surface area (Å²) in [5, 5.41) is 0. The molecule has 0 aliphatic carbocycles. The molecule has 1 aliphatic rings. The smallest absolute Gasteiger partial charge is 0.228 e. The topological polar surface area (TPSA) is 23.6 Å². The van der Waals surface area contributed by atoms with Crippen LogP contribution in [-0.2, 0) is 4.79 Å². The maximum atomic E-state index is 12.2. The fourth-order valence-electron chi connectivity index (χ4n) is 2.28. The molecule has 0 unspecified atom stereocenters. The van der Waals surface area contributed by atoms with Crippen LogP contribution in [0, 0.1) is 5.41 Å². The van der Waals surface area contributed by atoms with Crippen LogP contribution in [0.4, 0.5) is 5.69 Å². The van der Waals surface area contributed by atoms with Crippen LogP contribution in [0.15, 0.2) is 30.3 Å². The molecular formula is C15H22N2O. The van der Waals surface area contributed by atoms with Gasteiger partial charge < -0.3 is 9.80 Å². The third kappa shape index (κ3) is 2.84. The van der Waals surface area contributed by atoms with Gasteiger partial charge in [0.2, 0.25) is 5.91 Å². The quantitative estimate of drug-likeness (QED) is 0.758. The van der Waals surface area contributed by atoms with Crippen molar-refractivity contribution in [3.05, 3.63) is 30.3 Å². The number of nitrogens with zero attached hydrogens (tertiary/aromatic N) is 2. The molecule has 1 saturated heterocycles. The second-order valence-electron chi connectivity index (χ2n) is 5.86. The van der Waals surface area contributed by atoms with E-state index in [0.717, 1.165) is 26.2 Å². The highest BCUT2D eigenvalue weighted by Crippen LogP contribution is 2.20. The number of benzene rings is 1. The van der Waals surface area contributed by atoms with E-state index in [1.54, 1.807) is 0 Å². The number of carbonyl (C=O) groups is 1. The van der Waals surface area contributed by atoms with Crippen LogP contribution in [0.25, 0.3) is 0 Å². The zero-order valence-corrected chi connectivity index (χ0v) is 11.5. The molecule has 1 aliphatic heterocycles. The molecule has 3 heteroatoms. The lowest BCUT2D eigenvalue weighted by Crippen LogP contribution is -2.51. The fraction of sp³-hybridized carbons (Fsp3) is 0.533. The second-order valence-corrected chi connectivity index (χ2v) is 5.86. The summed E-state index contributed by atoms with van der Waals surface area (Å²) in [6, 6.07) is 10.4. The molecule has 0 bridgehead atoms. The Balaban J connectivity index is 1.95. The predicted molar refractivity (Wildman–Crippen MR) is 74.7 cm³/mol. The van der Waals surface area contributed by atoms with Crippen molar-refractivity contribution in [1.29, 1.82) is 0 Å². The summed E-state index contributed by atoms with van der Waals surface area (Å²) in [4.78, 5) is 16.5. The van der Waals surface area contributed by atoms with Crippen LogP contribution in [0.5, 0.6) is 0 Å².